The van der Waals surface area contributed by atoms with Gasteiger partial charge in [0.2, 0.25) is 5.91 Å². The SMILES string of the molecule is O=C1CCc2cc(O[C@@H]3CCN(Cc4ccccc4-n4cccn4)C[C@H]3O)ccc2N1. The van der Waals surface area contributed by atoms with Gasteiger partial charge in [-0.1, -0.05) is 18.2 Å². The van der Waals surface area contributed by atoms with E-state index in [9.17, 15) is 9.90 Å². The normalized spacial score (nSPS) is 21.4. The van der Waals surface area contributed by atoms with Gasteiger partial charge in [0.1, 0.15) is 18.0 Å². The van der Waals surface area contributed by atoms with Crippen LogP contribution in [0.15, 0.2) is 60.9 Å². The van der Waals surface area contributed by atoms with Crippen molar-refractivity contribution in [3.05, 3.63) is 72.1 Å². The molecule has 31 heavy (non-hydrogen) atoms. The van der Waals surface area contributed by atoms with E-state index in [4.69, 9.17) is 4.74 Å². The molecule has 1 saturated heterocycles. The number of nitrogens with zero attached hydrogens (tertiary/aromatic N) is 3. The fourth-order valence-electron chi connectivity index (χ4n) is 4.38. The maximum Gasteiger partial charge on any atom is 0.224 e. The number of hydrogen-bond acceptors (Lipinski definition) is 5. The maximum absolute atomic E-state index is 11.5. The first-order chi connectivity index (χ1) is 15.2. The molecule has 2 N–H and O–H groups in total. The number of carbonyl (C=O) groups excluding carboxylic acids is 1. The first-order valence-corrected chi connectivity index (χ1v) is 10.7. The highest BCUT2D eigenvalue weighted by atomic mass is 16.5. The first kappa shape index (κ1) is 19.8. The Hall–Kier alpha value is -3.16. The topological polar surface area (TPSA) is 79.6 Å². The molecule has 0 saturated carbocycles. The van der Waals surface area contributed by atoms with Crippen molar-refractivity contribution < 1.29 is 14.6 Å². The van der Waals surface area contributed by atoms with E-state index in [-0.39, 0.29) is 12.0 Å². The summed E-state index contributed by atoms with van der Waals surface area (Å²) in [6.07, 6.45) is 4.87. The zero-order chi connectivity index (χ0) is 21.2. The van der Waals surface area contributed by atoms with Gasteiger partial charge in [0.15, 0.2) is 0 Å². The summed E-state index contributed by atoms with van der Waals surface area (Å²) in [6, 6.07) is 15.9. The highest BCUT2D eigenvalue weighted by Crippen LogP contribution is 2.29. The molecule has 0 radical (unpaired) electrons. The number of anilines is 1. The number of benzene rings is 2. The van der Waals surface area contributed by atoms with Gasteiger partial charge in [0.25, 0.3) is 0 Å². The highest BCUT2D eigenvalue weighted by Gasteiger charge is 2.30. The second-order valence-corrected chi connectivity index (χ2v) is 8.19. The van der Waals surface area contributed by atoms with Crippen molar-refractivity contribution in [3.8, 4) is 11.4 Å². The minimum Gasteiger partial charge on any atom is -0.488 e. The molecule has 1 aromatic heterocycles. The highest BCUT2D eigenvalue weighted by molar-refractivity contribution is 5.94. The number of aliphatic hydroxyl groups excluding tert-OH is 1. The van der Waals surface area contributed by atoms with Crippen LogP contribution in [0, 0.1) is 0 Å². The number of ether oxygens (including phenoxy) is 1. The Morgan fingerprint density at radius 2 is 2.06 bits per heavy atom. The van der Waals surface area contributed by atoms with Crippen LogP contribution in [0.25, 0.3) is 5.69 Å². The van der Waals surface area contributed by atoms with Crippen molar-refractivity contribution in [2.75, 3.05) is 18.4 Å². The number of piperidine rings is 1. The molecule has 0 spiro atoms. The number of para-hydroxylation sites is 1. The summed E-state index contributed by atoms with van der Waals surface area (Å²) in [6.45, 7) is 2.15. The number of hydrogen-bond donors (Lipinski definition) is 2. The Bertz CT molecular complexity index is 1070. The average molecular weight is 418 g/mol. The number of fused-ring (bicyclic) bond motifs is 1. The fourth-order valence-corrected chi connectivity index (χ4v) is 4.38. The number of nitrogens with one attached hydrogen (secondary N) is 1. The average Bonchev–Trinajstić information content (AvgIpc) is 3.31. The van der Waals surface area contributed by atoms with Crippen molar-refractivity contribution in [3.63, 3.8) is 0 Å². The van der Waals surface area contributed by atoms with Crippen LogP contribution in [-0.4, -0.2) is 51.0 Å². The van der Waals surface area contributed by atoms with Crippen LogP contribution >= 0.6 is 0 Å². The smallest absolute Gasteiger partial charge is 0.224 e. The van der Waals surface area contributed by atoms with Crippen molar-refractivity contribution in [2.24, 2.45) is 0 Å². The minimum atomic E-state index is -0.568. The molecular formula is C24H26N4O3. The van der Waals surface area contributed by atoms with E-state index in [2.05, 4.69) is 27.4 Å². The number of rotatable bonds is 5. The van der Waals surface area contributed by atoms with E-state index in [1.54, 1.807) is 6.20 Å². The van der Waals surface area contributed by atoms with Crippen molar-refractivity contribution in [2.45, 2.75) is 38.0 Å². The third-order valence-electron chi connectivity index (χ3n) is 6.00. The molecule has 7 nitrogen and oxygen atoms in total. The maximum atomic E-state index is 11.5. The van der Waals surface area contributed by atoms with Gasteiger partial charge < -0.3 is 15.2 Å². The lowest BCUT2D eigenvalue weighted by molar-refractivity contribution is -0.116. The van der Waals surface area contributed by atoms with Crippen molar-refractivity contribution >= 4 is 11.6 Å². The van der Waals surface area contributed by atoms with Crippen molar-refractivity contribution in [1.82, 2.24) is 14.7 Å². The van der Waals surface area contributed by atoms with Gasteiger partial charge >= 0.3 is 0 Å². The molecule has 2 aromatic carbocycles. The number of aryl methyl sites for hydroxylation is 1. The second-order valence-electron chi connectivity index (χ2n) is 8.19. The quantitative estimate of drug-likeness (QED) is 0.666. The molecule has 0 unspecified atom stereocenters. The predicted octanol–water partition coefficient (Wildman–Crippen LogP) is 2.77. The van der Waals surface area contributed by atoms with E-state index in [0.717, 1.165) is 48.6 Å². The monoisotopic (exact) mass is 418 g/mol. The number of likely N-dealkylation sites (tertiary alicyclic amines) is 1. The molecule has 3 aromatic rings. The number of aromatic nitrogens is 2. The molecule has 1 amide bonds. The third kappa shape index (κ3) is 4.33. The lowest BCUT2D eigenvalue weighted by Gasteiger charge is -2.36. The summed E-state index contributed by atoms with van der Waals surface area (Å²) in [5.74, 6) is 0.800. The third-order valence-corrected chi connectivity index (χ3v) is 6.00. The van der Waals surface area contributed by atoms with Gasteiger partial charge in [-0.2, -0.15) is 5.10 Å². The molecule has 2 aliphatic heterocycles. The number of carbonyl (C=O) groups is 1. The number of β-amino-alcohol motifs (C(OH)–C–C–N with tert-alkyl or cyclic N) is 1. The van der Waals surface area contributed by atoms with Crippen LogP contribution in [-0.2, 0) is 17.8 Å². The Labute approximate surface area is 181 Å². The predicted molar refractivity (Wildman–Crippen MR) is 117 cm³/mol. The standard InChI is InChI=1S/C24H26N4O3/c29-22-16-27(15-18-4-1-2-5-21(18)28-12-3-11-25-28)13-10-23(22)31-19-7-8-20-17(14-19)6-9-24(30)26-20/h1-5,7-8,11-12,14,22-23,29H,6,9-10,13,15-16H2,(H,26,30)/t22-,23-/m1/s1. The molecule has 7 heteroatoms. The number of aliphatic hydroxyl groups is 1. The summed E-state index contributed by atoms with van der Waals surface area (Å²) in [5.41, 5.74) is 4.17. The molecule has 0 aliphatic carbocycles. The van der Waals surface area contributed by atoms with Crippen LogP contribution in [0.1, 0.15) is 24.0 Å². The minimum absolute atomic E-state index is 0.0538. The fraction of sp³-hybridized carbons (Fsp3) is 0.333. The Kier molecular flexibility index (Phi) is 5.44. The van der Waals surface area contributed by atoms with E-state index < -0.39 is 6.10 Å². The molecule has 0 bridgehead atoms. The summed E-state index contributed by atoms with van der Waals surface area (Å²) < 4.78 is 8.01. The van der Waals surface area contributed by atoms with E-state index in [1.807, 2.05) is 47.3 Å². The largest absolute Gasteiger partial charge is 0.488 e. The van der Waals surface area contributed by atoms with Crippen LogP contribution in [0.4, 0.5) is 5.69 Å². The summed E-state index contributed by atoms with van der Waals surface area (Å²) >= 11 is 0. The summed E-state index contributed by atoms with van der Waals surface area (Å²) in [4.78, 5) is 13.8. The number of amides is 1. The molecular weight excluding hydrogens is 392 g/mol. The van der Waals surface area contributed by atoms with Crippen LogP contribution < -0.4 is 10.1 Å². The molecule has 160 valence electrons. The van der Waals surface area contributed by atoms with Gasteiger partial charge in [-0.25, -0.2) is 4.68 Å². The lowest BCUT2D eigenvalue weighted by atomic mass is 10.0. The Morgan fingerprint density at radius 3 is 2.90 bits per heavy atom. The summed E-state index contributed by atoms with van der Waals surface area (Å²) in [5, 5.41) is 18.0. The van der Waals surface area contributed by atoms with Gasteiger partial charge in [0, 0.05) is 44.1 Å². The molecule has 5 rings (SSSR count). The van der Waals surface area contributed by atoms with Gasteiger partial charge in [-0.3, -0.25) is 9.69 Å². The van der Waals surface area contributed by atoms with Crippen LogP contribution in [0.3, 0.4) is 0 Å². The molecule has 3 heterocycles. The first-order valence-electron chi connectivity index (χ1n) is 10.7. The van der Waals surface area contributed by atoms with E-state index in [1.165, 1.54) is 5.56 Å². The Balaban J connectivity index is 1.22. The van der Waals surface area contributed by atoms with Crippen molar-refractivity contribution in [1.29, 1.82) is 0 Å². The van der Waals surface area contributed by atoms with Gasteiger partial charge in [-0.05, 0) is 54.3 Å². The summed E-state index contributed by atoms with van der Waals surface area (Å²) in [7, 11) is 0. The van der Waals surface area contributed by atoms with E-state index >= 15 is 0 Å². The lowest BCUT2D eigenvalue weighted by Crippen LogP contribution is -2.48. The molecule has 2 aliphatic rings. The molecule has 2 atom stereocenters. The zero-order valence-corrected chi connectivity index (χ0v) is 17.3. The van der Waals surface area contributed by atoms with Crippen LogP contribution in [0.2, 0.25) is 0 Å². The van der Waals surface area contributed by atoms with Crippen LogP contribution in [0.5, 0.6) is 5.75 Å². The van der Waals surface area contributed by atoms with Gasteiger partial charge in [0.05, 0.1) is 5.69 Å². The second kappa shape index (κ2) is 8.53. The van der Waals surface area contributed by atoms with E-state index in [0.29, 0.717) is 13.0 Å². The molecule has 1 fully saturated rings. The zero-order valence-electron chi connectivity index (χ0n) is 17.3. The Morgan fingerprint density at radius 1 is 1.16 bits per heavy atom. The van der Waals surface area contributed by atoms with Gasteiger partial charge in [-0.15, -0.1) is 0 Å².